The van der Waals surface area contributed by atoms with Crippen LogP contribution in [0.1, 0.15) is 11.3 Å². The maximum atomic E-state index is 6.07. The highest BCUT2D eigenvalue weighted by Gasteiger charge is 2.12. The summed E-state index contributed by atoms with van der Waals surface area (Å²) in [5.74, 6) is 2.88. The van der Waals surface area contributed by atoms with Gasteiger partial charge in [-0.05, 0) is 34.5 Å². The zero-order valence-electron chi connectivity index (χ0n) is 11.9. The van der Waals surface area contributed by atoms with E-state index in [1.54, 1.807) is 0 Å². The second kappa shape index (κ2) is 6.27. The van der Waals surface area contributed by atoms with Crippen molar-refractivity contribution in [3.8, 4) is 0 Å². The van der Waals surface area contributed by atoms with Crippen LogP contribution in [0.15, 0.2) is 27.9 Å². The highest BCUT2D eigenvalue weighted by atomic mass is 79.9. The first kappa shape index (κ1) is 14.7. The highest BCUT2D eigenvalue weighted by Crippen LogP contribution is 2.17. The predicted octanol–water partition coefficient (Wildman–Crippen LogP) is 2.27. The Morgan fingerprint density at radius 1 is 1.43 bits per heavy atom. The lowest BCUT2D eigenvalue weighted by Gasteiger charge is -2.27. The lowest BCUT2D eigenvalue weighted by molar-refractivity contribution is 0.455. The Kier molecular flexibility index (Phi) is 4.40. The van der Waals surface area contributed by atoms with E-state index < -0.39 is 0 Å². The minimum Gasteiger partial charge on any atom is -0.370 e. The van der Waals surface area contributed by atoms with Crippen LogP contribution in [0.4, 0.5) is 0 Å². The lowest BCUT2D eigenvalue weighted by atomic mass is 10.3. The number of halogens is 1. The van der Waals surface area contributed by atoms with Crippen LogP contribution >= 0.6 is 27.7 Å². The van der Waals surface area contributed by atoms with Crippen molar-refractivity contribution in [1.82, 2.24) is 14.3 Å². The van der Waals surface area contributed by atoms with Gasteiger partial charge in [0.05, 0.1) is 12.2 Å². The van der Waals surface area contributed by atoms with Gasteiger partial charge < -0.3 is 15.0 Å². The molecule has 5 nitrogen and oxygen atoms in total. The van der Waals surface area contributed by atoms with E-state index in [2.05, 4.69) is 43.8 Å². The van der Waals surface area contributed by atoms with Crippen LogP contribution in [0.5, 0.6) is 0 Å². The zero-order chi connectivity index (χ0) is 14.8. The third-order valence-corrected chi connectivity index (χ3v) is 4.87. The summed E-state index contributed by atoms with van der Waals surface area (Å²) in [6.45, 7) is 4.54. The van der Waals surface area contributed by atoms with E-state index in [1.807, 2.05) is 28.6 Å². The number of pyridine rings is 1. The van der Waals surface area contributed by atoms with E-state index in [4.69, 9.17) is 5.73 Å². The molecular weight excluding hydrogens is 350 g/mol. The number of aliphatic imine (C=N–C) groups is 1. The molecule has 7 heteroatoms. The van der Waals surface area contributed by atoms with Crippen molar-refractivity contribution >= 4 is 39.3 Å². The summed E-state index contributed by atoms with van der Waals surface area (Å²) in [7, 11) is 0. The summed E-state index contributed by atoms with van der Waals surface area (Å²) in [6.07, 6.45) is 4.02. The molecule has 0 amide bonds. The third-order valence-electron chi connectivity index (χ3n) is 3.49. The van der Waals surface area contributed by atoms with E-state index in [0.717, 1.165) is 46.0 Å². The fourth-order valence-corrected chi connectivity index (χ4v) is 3.87. The van der Waals surface area contributed by atoms with Crippen LogP contribution in [0.25, 0.3) is 5.65 Å². The number of hydrogen-bond acceptors (Lipinski definition) is 3. The van der Waals surface area contributed by atoms with E-state index in [0.29, 0.717) is 12.5 Å². The second-order valence-electron chi connectivity index (χ2n) is 5.08. The Labute approximate surface area is 136 Å². The van der Waals surface area contributed by atoms with Crippen LogP contribution in [0, 0.1) is 6.92 Å². The molecule has 0 atom stereocenters. The van der Waals surface area contributed by atoms with Crippen molar-refractivity contribution in [3.63, 3.8) is 0 Å². The first-order chi connectivity index (χ1) is 10.1. The number of fused-ring (bicyclic) bond motifs is 1. The molecule has 3 rings (SSSR count). The van der Waals surface area contributed by atoms with Gasteiger partial charge in [-0.25, -0.2) is 9.98 Å². The molecule has 2 aromatic heterocycles. The Balaban J connectivity index is 1.77. The van der Waals surface area contributed by atoms with Crippen LogP contribution in [0.3, 0.4) is 0 Å². The zero-order valence-corrected chi connectivity index (χ0v) is 14.3. The maximum absolute atomic E-state index is 6.07. The first-order valence-corrected chi connectivity index (χ1v) is 8.84. The number of aryl methyl sites for hydroxylation is 1. The molecular formula is C14H18BrN5S. The molecule has 2 N–H and O–H groups in total. The minimum atomic E-state index is 0.522. The molecule has 1 saturated heterocycles. The van der Waals surface area contributed by atoms with Gasteiger partial charge >= 0.3 is 0 Å². The van der Waals surface area contributed by atoms with Gasteiger partial charge in [-0.1, -0.05) is 0 Å². The average Bonchev–Trinajstić information content (AvgIpc) is 2.89. The number of nitrogens with two attached hydrogens (primary N) is 1. The summed E-state index contributed by atoms with van der Waals surface area (Å²) in [6, 6.07) is 2.06. The second-order valence-corrected chi connectivity index (χ2v) is 7.22. The third kappa shape index (κ3) is 3.35. The van der Waals surface area contributed by atoms with Gasteiger partial charge in [0, 0.05) is 41.5 Å². The molecule has 0 saturated carbocycles. The van der Waals surface area contributed by atoms with E-state index >= 15 is 0 Å². The largest absolute Gasteiger partial charge is 0.370 e. The van der Waals surface area contributed by atoms with Crippen molar-refractivity contribution in [3.05, 3.63) is 34.2 Å². The monoisotopic (exact) mass is 367 g/mol. The molecule has 0 aliphatic carbocycles. The summed E-state index contributed by atoms with van der Waals surface area (Å²) in [5, 5.41) is 0. The number of hydrogen-bond donors (Lipinski definition) is 1. The smallest absolute Gasteiger partial charge is 0.191 e. The Bertz CT molecular complexity index is 675. The number of thioether (sulfide) groups is 1. The molecule has 112 valence electrons. The molecule has 0 radical (unpaired) electrons. The van der Waals surface area contributed by atoms with Gasteiger partial charge in [-0.2, -0.15) is 11.8 Å². The maximum Gasteiger partial charge on any atom is 0.191 e. The van der Waals surface area contributed by atoms with Gasteiger partial charge in [-0.3, -0.25) is 0 Å². The Morgan fingerprint density at radius 3 is 2.95 bits per heavy atom. The summed E-state index contributed by atoms with van der Waals surface area (Å²) in [5.41, 5.74) is 9.11. The molecule has 0 unspecified atom stereocenters. The van der Waals surface area contributed by atoms with Crippen LogP contribution in [-0.2, 0) is 6.54 Å². The molecule has 0 aromatic carbocycles. The Morgan fingerprint density at radius 2 is 2.19 bits per heavy atom. The molecule has 1 aliphatic rings. The topological polar surface area (TPSA) is 58.9 Å². The SMILES string of the molecule is Cc1cc(Br)cn2cc(CN=C(N)N3CCSCC3)nc12. The standard InChI is InChI=1S/C14H18BrN5S/c1-10-6-11(15)8-20-9-12(18-13(10)20)7-17-14(16)19-2-4-21-5-3-19/h6,8-9H,2-5,7H2,1H3,(H2,16,17). The molecule has 21 heavy (non-hydrogen) atoms. The van der Waals surface area contributed by atoms with Crippen molar-refractivity contribution < 1.29 is 0 Å². The molecule has 3 heterocycles. The first-order valence-electron chi connectivity index (χ1n) is 6.90. The Hall–Kier alpha value is -1.21. The number of nitrogens with zero attached hydrogens (tertiary/aromatic N) is 4. The van der Waals surface area contributed by atoms with E-state index in [1.165, 1.54) is 0 Å². The number of aromatic nitrogens is 2. The molecule has 0 spiro atoms. The molecule has 0 bridgehead atoms. The summed E-state index contributed by atoms with van der Waals surface area (Å²) < 4.78 is 3.07. The van der Waals surface area contributed by atoms with Gasteiger partial charge in [0.1, 0.15) is 5.65 Å². The molecule has 1 aliphatic heterocycles. The molecule has 2 aromatic rings. The number of rotatable bonds is 2. The average molecular weight is 368 g/mol. The molecule has 1 fully saturated rings. The van der Waals surface area contributed by atoms with Crippen molar-refractivity contribution in [2.24, 2.45) is 10.7 Å². The van der Waals surface area contributed by atoms with Crippen LogP contribution in [-0.4, -0.2) is 44.8 Å². The van der Waals surface area contributed by atoms with Gasteiger partial charge in [-0.15, -0.1) is 0 Å². The van der Waals surface area contributed by atoms with Gasteiger partial charge in [0.15, 0.2) is 5.96 Å². The van der Waals surface area contributed by atoms with E-state index in [9.17, 15) is 0 Å². The summed E-state index contributed by atoms with van der Waals surface area (Å²) >= 11 is 5.47. The van der Waals surface area contributed by atoms with Crippen molar-refractivity contribution in [1.29, 1.82) is 0 Å². The fourth-order valence-electron chi connectivity index (χ4n) is 2.41. The highest BCUT2D eigenvalue weighted by molar-refractivity contribution is 9.10. The minimum absolute atomic E-state index is 0.522. The van der Waals surface area contributed by atoms with Crippen LogP contribution < -0.4 is 5.73 Å². The fraction of sp³-hybridized carbons (Fsp3) is 0.429. The van der Waals surface area contributed by atoms with Gasteiger partial charge in [0.25, 0.3) is 0 Å². The van der Waals surface area contributed by atoms with E-state index in [-0.39, 0.29) is 0 Å². The normalized spacial score (nSPS) is 16.7. The van der Waals surface area contributed by atoms with Crippen molar-refractivity contribution in [2.45, 2.75) is 13.5 Å². The predicted molar refractivity (Wildman–Crippen MR) is 91.9 cm³/mol. The number of guanidine groups is 1. The van der Waals surface area contributed by atoms with Crippen LogP contribution in [0.2, 0.25) is 0 Å². The van der Waals surface area contributed by atoms with Crippen molar-refractivity contribution in [2.75, 3.05) is 24.6 Å². The quantitative estimate of drug-likeness (QED) is 0.653. The number of imidazole rings is 1. The lowest BCUT2D eigenvalue weighted by Crippen LogP contribution is -2.42. The summed E-state index contributed by atoms with van der Waals surface area (Å²) in [4.78, 5) is 11.3. The van der Waals surface area contributed by atoms with Gasteiger partial charge in [0.2, 0.25) is 0 Å².